The molecule has 6 nitrogen and oxygen atoms in total. The van der Waals surface area contributed by atoms with Crippen LogP contribution in [-0.2, 0) is 13.1 Å². The first-order valence-electron chi connectivity index (χ1n) is 8.37. The Morgan fingerprint density at radius 3 is 2.39 bits per heavy atom. The van der Waals surface area contributed by atoms with Crippen molar-refractivity contribution in [2.75, 3.05) is 0 Å². The summed E-state index contributed by atoms with van der Waals surface area (Å²) in [7, 11) is 0. The zero-order valence-corrected chi connectivity index (χ0v) is 14.7. The van der Waals surface area contributed by atoms with Crippen molar-refractivity contribution < 1.29 is 0 Å². The summed E-state index contributed by atoms with van der Waals surface area (Å²) in [6, 6.07) is 0. The molecule has 0 spiro atoms. The third-order valence-electron chi connectivity index (χ3n) is 4.01. The Balaban J connectivity index is 2.64. The first kappa shape index (κ1) is 17.4. The largest absolute Gasteiger partial charge is 0.332 e. The molecule has 0 aliphatic rings. The fourth-order valence-corrected chi connectivity index (χ4v) is 2.60. The number of aromatic nitrogens is 4. The van der Waals surface area contributed by atoms with Gasteiger partial charge in [-0.05, 0) is 31.6 Å². The maximum Gasteiger partial charge on any atom is 0.332 e. The first-order chi connectivity index (χ1) is 10.9. The Labute approximate surface area is 136 Å². The van der Waals surface area contributed by atoms with E-state index in [1.165, 1.54) is 4.57 Å². The molecule has 0 unspecified atom stereocenters. The molecular weight excluding hydrogens is 292 g/mol. The monoisotopic (exact) mass is 318 g/mol. The van der Waals surface area contributed by atoms with Gasteiger partial charge in [0.25, 0.3) is 5.56 Å². The minimum atomic E-state index is -0.345. The first-order valence-corrected chi connectivity index (χ1v) is 8.37. The second-order valence-corrected chi connectivity index (χ2v) is 6.64. The predicted molar refractivity (Wildman–Crippen MR) is 91.9 cm³/mol. The van der Waals surface area contributed by atoms with Crippen LogP contribution in [0.2, 0.25) is 0 Å². The number of aryl methyl sites for hydroxylation is 1. The molecule has 0 aromatic carbocycles. The highest BCUT2D eigenvalue weighted by atomic mass is 16.2. The number of nitrogens with zero attached hydrogens (tertiary/aromatic N) is 4. The molecule has 126 valence electrons. The summed E-state index contributed by atoms with van der Waals surface area (Å²) in [5.74, 6) is 0.760. The number of fused-ring (bicyclic) bond motifs is 1. The molecule has 0 atom stereocenters. The van der Waals surface area contributed by atoms with Crippen LogP contribution in [0.5, 0.6) is 0 Å². The van der Waals surface area contributed by atoms with Gasteiger partial charge in [0.05, 0.1) is 11.9 Å². The van der Waals surface area contributed by atoms with Crippen LogP contribution in [0.15, 0.2) is 15.8 Å². The van der Waals surface area contributed by atoms with Gasteiger partial charge in [-0.3, -0.25) is 13.9 Å². The SMILES string of the molecule is CCn1c(=O)c2nc(C(C)C)cnc2n(CCCC(C)C)c1=O. The molecule has 2 rings (SSSR count). The lowest BCUT2D eigenvalue weighted by molar-refractivity contribution is 0.494. The van der Waals surface area contributed by atoms with E-state index in [1.54, 1.807) is 17.7 Å². The van der Waals surface area contributed by atoms with Crippen LogP contribution in [0.25, 0.3) is 11.2 Å². The number of hydrogen-bond acceptors (Lipinski definition) is 4. The van der Waals surface area contributed by atoms with E-state index in [1.807, 2.05) is 13.8 Å². The van der Waals surface area contributed by atoms with E-state index < -0.39 is 0 Å². The molecule has 0 bridgehead atoms. The normalized spacial score (nSPS) is 11.8. The summed E-state index contributed by atoms with van der Waals surface area (Å²) in [6.07, 6.45) is 3.57. The van der Waals surface area contributed by atoms with Gasteiger partial charge in [-0.25, -0.2) is 14.8 Å². The zero-order chi connectivity index (χ0) is 17.1. The van der Waals surface area contributed by atoms with Crippen molar-refractivity contribution in [1.29, 1.82) is 0 Å². The standard InChI is InChI=1S/C17H26N4O2/c1-6-20-16(22)14-15(18-10-13(19-14)12(4)5)21(17(20)23)9-7-8-11(2)3/h10-12H,6-9H2,1-5H3. The molecule has 2 heterocycles. The highest BCUT2D eigenvalue weighted by Crippen LogP contribution is 2.13. The highest BCUT2D eigenvalue weighted by molar-refractivity contribution is 5.68. The predicted octanol–water partition coefficient (Wildman–Crippen LogP) is 2.53. The van der Waals surface area contributed by atoms with E-state index in [0.717, 1.165) is 18.5 Å². The maximum atomic E-state index is 12.6. The van der Waals surface area contributed by atoms with E-state index >= 15 is 0 Å². The van der Waals surface area contributed by atoms with Crippen LogP contribution in [0, 0.1) is 5.92 Å². The summed E-state index contributed by atoms with van der Waals surface area (Å²) in [6.45, 7) is 11.0. The van der Waals surface area contributed by atoms with Crippen molar-refractivity contribution in [3.63, 3.8) is 0 Å². The minimum absolute atomic E-state index is 0.183. The van der Waals surface area contributed by atoms with Gasteiger partial charge in [-0.2, -0.15) is 0 Å². The lowest BCUT2D eigenvalue weighted by Gasteiger charge is -2.14. The molecule has 23 heavy (non-hydrogen) atoms. The van der Waals surface area contributed by atoms with Crippen molar-refractivity contribution in [2.24, 2.45) is 5.92 Å². The topological polar surface area (TPSA) is 69.8 Å². The van der Waals surface area contributed by atoms with Gasteiger partial charge >= 0.3 is 5.69 Å². The van der Waals surface area contributed by atoms with E-state index in [9.17, 15) is 9.59 Å². The molecule has 0 fully saturated rings. The maximum absolute atomic E-state index is 12.6. The second-order valence-electron chi connectivity index (χ2n) is 6.64. The van der Waals surface area contributed by atoms with Gasteiger partial charge in [-0.15, -0.1) is 0 Å². The molecule has 0 aliphatic carbocycles. The van der Waals surface area contributed by atoms with E-state index in [0.29, 0.717) is 30.2 Å². The van der Waals surface area contributed by atoms with Crippen molar-refractivity contribution in [3.8, 4) is 0 Å². The number of rotatable bonds is 6. The van der Waals surface area contributed by atoms with Crippen LogP contribution in [0.4, 0.5) is 0 Å². The summed E-state index contributed by atoms with van der Waals surface area (Å²) in [5, 5.41) is 0. The molecule has 0 saturated carbocycles. The van der Waals surface area contributed by atoms with Gasteiger partial charge in [0.2, 0.25) is 0 Å². The van der Waals surface area contributed by atoms with E-state index in [4.69, 9.17) is 0 Å². The lowest BCUT2D eigenvalue weighted by Crippen LogP contribution is -2.40. The summed E-state index contributed by atoms with van der Waals surface area (Å²) >= 11 is 0. The van der Waals surface area contributed by atoms with Crippen LogP contribution in [0.3, 0.4) is 0 Å². The highest BCUT2D eigenvalue weighted by Gasteiger charge is 2.16. The van der Waals surface area contributed by atoms with Crippen LogP contribution in [-0.4, -0.2) is 19.1 Å². The van der Waals surface area contributed by atoms with Gasteiger partial charge in [0.15, 0.2) is 11.2 Å². The van der Waals surface area contributed by atoms with Gasteiger partial charge < -0.3 is 0 Å². The Hall–Kier alpha value is -1.98. The second kappa shape index (κ2) is 7.06. The minimum Gasteiger partial charge on any atom is -0.276 e. The molecule has 0 radical (unpaired) electrons. The average molecular weight is 318 g/mol. The average Bonchev–Trinajstić information content (AvgIpc) is 2.50. The van der Waals surface area contributed by atoms with Crippen molar-refractivity contribution in [3.05, 3.63) is 32.7 Å². The quantitative estimate of drug-likeness (QED) is 0.820. The summed E-state index contributed by atoms with van der Waals surface area (Å²) in [4.78, 5) is 34.0. The van der Waals surface area contributed by atoms with Gasteiger partial charge in [-0.1, -0.05) is 27.7 Å². The zero-order valence-electron chi connectivity index (χ0n) is 14.7. The smallest absolute Gasteiger partial charge is 0.276 e. The molecule has 2 aromatic rings. The molecular formula is C17H26N4O2. The molecule has 0 N–H and O–H groups in total. The fourth-order valence-electron chi connectivity index (χ4n) is 2.60. The van der Waals surface area contributed by atoms with Gasteiger partial charge in [0, 0.05) is 13.1 Å². The van der Waals surface area contributed by atoms with Crippen LogP contribution >= 0.6 is 0 Å². The molecule has 2 aromatic heterocycles. The summed E-state index contributed by atoms with van der Waals surface area (Å²) in [5.41, 5.74) is 0.827. The molecule has 0 saturated heterocycles. The Morgan fingerprint density at radius 2 is 1.83 bits per heavy atom. The summed E-state index contributed by atoms with van der Waals surface area (Å²) < 4.78 is 2.84. The third kappa shape index (κ3) is 3.51. The van der Waals surface area contributed by atoms with Crippen molar-refractivity contribution >= 4 is 11.2 Å². The molecule has 0 aliphatic heterocycles. The van der Waals surface area contributed by atoms with E-state index in [-0.39, 0.29) is 17.2 Å². The van der Waals surface area contributed by atoms with Crippen LogP contribution < -0.4 is 11.2 Å². The fraction of sp³-hybridized carbons (Fsp3) is 0.647. The Kier molecular flexibility index (Phi) is 5.34. The van der Waals surface area contributed by atoms with Crippen LogP contribution in [0.1, 0.15) is 59.1 Å². The lowest BCUT2D eigenvalue weighted by atomic mass is 10.1. The Bertz CT molecular complexity index is 803. The Morgan fingerprint density at radius 1 is 1.13 bits per heavy atom. The van der Waals surface area contributed by atoms with E-state index in [2.05, 4.69) is 23.8 Å². The molecule has 0 amide bonds. The number of hydrogen-bond donors (Lipinski definition) is 0. The van der Waals surface area contributed by atoms with Gasteiger partial charge in [0.1, 0.15) is 0 Å². The van der Waals surface area contributed by atoms with Crippen molar-refractivity contribution in [2.45, 2.75) is 66.5 Å². The third-order valence-corrected chi connectivity index (χ3v) is 4.01. The molecule has 6 heteroatoms. The van der Waals surface area contributed by atoms with Crippen molar-refractivity contribution in [1.82, 2.24) is 19.1 Å².